The van der Waals surface area contributed by atoms with Gasteiger partial charge in [0.2, 0.25) is 0 Å². The second-order valence-corrected chi connectivity index (χ2v) is 10.2. The summed E-state index contributed by atoms with van der Waals surface area (Å²) >= 11 is 9.29. The number of carbonyl (C=O) groups excluding carboxylic acids is 2. The van der Waals surface area contributed by atoms with Crippen LogP contribution in [0.3, 0.4) is 0 Å². The van der Waals surface area contributed by atoms with Gasteiger partial charge in [0.1, 0.15) is 12.4 Å². The van der Waals surface area contributed by atoms with Gasteiger partial charge >= 0.3 is 5.97 Å². The van der Waals surface area contributed by atoms with E-state index in [9.17, 15) is 9.59 Å². The van der Waals surface area contributed by atoms with Crippen LogP contribution in [0.2, 0.25) is 4.34 Å². The van der Waals surface area contributed by atoms with Gasteiger partial charge in [0.15, 0.2) is 5.78 Å². The van der Waals surface area contributed by atoms with E-state index in [1.54, 1.807) is 13.0 Å². The molecule has 0 saturated carbocycles. The minimum atomic E-state index is -0.342. The second kappa shape index (κ2) is 10.7. The number of hydrogen-bond donors (Lipinski definition) is 1. The fraction of sp³-hybridized carbons (Fsp3) is 0.524. The van der Waals surface area contributed by atoms with Gasteiger partial charge < -0.3 is 4.74 Å². The molecule has 2 aliphatic rings. The van der Waals surface area contributed by atoms with Crippen LogP contribution in [-0.4, -0.2) is 23.3 Å². The van der Waals surface area contributed by atoms with Gasteiger partial charge in [-0.1, -0.05) is 25.1 Å². The number of hydrogen-bond acceptors (Lipinski definition) is 7. The number of ether oxygens (including phenoxy) is 1. The Kier molecular flexibility index (Phi) is 8.24. The maximum absolute atomic E-state index is 13.0. The number of ketones is 1. The Morgan fingerprint density at radius 2 is 2.17 bits per heavy atom. The maximum atomic E-state index is 13.0. The number of thiophene rings is 1. The summed E-state index contributed by atoms with van der Waals surface area (Å²) in [6, 6.07) is 3.68. The van der Waals surface area contributed by atoms with Gasteiger partial charge in [-0.25, -0.2) is 0 Å². The summed E-state index contributed by atoms with van der Waals surface area (Å²) in [6.07, 6.45) is 3.59. The quantitative estimate of drug-likeness (QED) is 0.425. The molecule has 2 unspecified atom stereocenters. The molecule has 0 aromatic carbocycles. The number of allylic oxidation sites excluding steroid dienone is 2. The van der Waals surface area contributed by atoms with Crippen molar-refractivity contribution in [3.8, 4) is 0 Å². The van der Waals surface area contributed by atoms with Gasteiger partial charge in [0.05, 0.1) is 15.6 Å². The van der Waals surface area contributed by atoms with Crippen molar-refractivity contribution in [2.45, 2.75) is 45.6 Å². The van der Waals surface area contributed by atoms with Crippen molar-refractivity contribution in [2.75, 3.05) is 11.5 Å². The first-order valence-corrected chi connectivity index (χ1v) is 12.2. The largest absolute Gasteiger partial charge is 0.430 e. The average molecular weight is 456 g/mol. The number of thioether (sulfide) groups is 1. The molecule has 1 N–H and O–H groups in total. The number of carbonyl (C=O) groups is 2. The summed E-state index contributed by atoms with van der Waals surface area (Å²) in [4.78, 5) is 31.4. The third kappa shape index (κ3) is 6.10. The van der Waals surface area contributed by atoms with Gasteiger partial charge in [-0.3, -0.25) is 19.9 Å². The monoisotopic (exact) mass is 455 g/mol. The van der Waals surface area contributed by atoms with E-state index in [1.165, 1.54) is 23.5 Å². The van der Waals surface area contributed by atoms with Crippen molar-refractivity contribution in [3.05, 3.63) is 45.0 Å². The average Bonchev–Trinajstić information content (AvgIpc) is 3.13. The summed E-state index contributed by atoms with van der Waals surface area (Å²) < 4.78 is 6.26. The minimum absolute atomic E-state index is 0.0454. The maximum Gasteiger partial charge on any atom is 0.310 e. The number of hydroxylamine groups is 1. The zero-order valence-electron chi connectivity index (χ0n) is 16.5. The fourth-order valence-corrected chi connectivity index (χ4v) is 5.97. The Bertz CT molecular complexity index is 798. The van der Waals surface area contributed by atoms with Crippen molar-refractivity contribution in [1.82, 2.24) is 5.48 Å². The van der Waals surface area contributed by atoms with Crippen LogP contribution in [0.25, 0.3) is 0 Å². The standard InChI is InChI=1S/C21H26ClNO4S2/c1-3-20(25)27-18-10-15(14-5-4-8-28-12-14)9-17(24)21(18)13(2)23-26-11-16-6-7-19(22)29-16/h6-7,14-15,23H,2-5,8-12H2,1H3. The van der Waals surface area contributed by atoms with Crippen molar-refractivity contribution in [3.63, 3.8) is 0 Å². The number of nitrogens with one attached hydrogen (secondary N) is 1. The summed E-state index contributed by atoms with van der Waals surface area (Å²) in [5, 5.41) is 0. The molecule has 0 spiro atoms. The van der Waals surface area contributed by atoms with Crippen LogP contribution in [0, 0.1) is 11.8 Å². The molecule has 1 aromatic heterocycles. The molecule has 0 radical (unpaired) electrons. The van der Waals surface area contributed by atoms with Gasteiger partial charge in [0.25, 0.3) is 0 Å². The topological polar surface area (TPSA) is 64.6 Å². The first kappa shape index (κ1) is 22.4. The van der Waals surface area contributed by atoms with Gasteiger partial charge in [-0.05, 0) is 48.3 Å². The molecule has 29 heavy (non-hydrogen) atoms. The van der Waals surface area contributed by atoms with E-state index in [-0.39, 0.29) is 24.1 Å². The SMILES string of the molecule is C=C(NOCc1ccc(Cl)s1)C1=C(OC(=O)CC)CC(C2CCCSC2)CC1=O. The zero-order valence-corrected chi connectivity index (χ0v) is 18.9. The lowest BCUT2D eigenvalue weighted by molar-refractivity contribution is -0.140. The molecule has 1 aliphatic heterocycles. The van der Waals surface area contributed by atoms with Crippen LogP contribution in [-0.2, 0) is 25.8 Å². The first-order chi connectivity index (χ1) is 14.0. The van der Waals surface area contributed by atoms with Gasteiger partial charge in [0, 0.05) is 24.1 Å². The highest BCUT2D eigenvalue weighted by Gasteiger charge is 2.36. The number of esters is 1. The van der Waals surface area contributed by atoms with E-state index < -0.39 is 0 Å². The van der Waals surface area contributed by atoms with E-state index in [0.717, 1.165) is 17.1 Å². The molecule has 158 valence electrons. The number of halogens is 1. The highest BCUT2D eigenvalue weighted by atomic mass is 35.5. The van der Waals surface area contributed by atoms with E-state index in [4.69, 9.17) is 21.2 Å². The Morgan fingerprint density at radius 1 is 1.34 bits per heavy atom. The predicted molar refractivity (Wildman–Crippen MR) is 118 cm³/mol. The minimum Gasteiger partial charge on any atom is -0.430 e. The van der Waals surface area contributed by atoms with Crippen LogP contribution in [0.4, 0.5) is 0 Å². The molecule has 5 nitrogen and oxygen atoms in total. The zero-order chi connectivity index (χ0) is 20.8. The fourth-order valence-electron chi connectivity index (χ4n) is 3.69. The van der Waals surface area contributed by atoms with Crippen LogP contribution in [0.15, 0.2) is 35.7 Å². The Balaban J connectivity index is 1.70. The molecule has 1 fully saturated rings. The molecule has 0 bridgehead atoms. The molecule has 1 saturated heterocycles. The van der Waals surface area contributed by atoms with Crippen molar-refractivity contribution in [1.29, 1.82) is 0 Å². The summed E-state index contributed by atoms with van der Waals surface area (Å²) in [6.45, 7) is 5.99. The van der Waals surface area contributed by atoms with Gasteiger partial charge in [-0.2, -0.15) is 11.8 Å². The third-order valence-corrected chi connectivity index (χ3v) is 7.63. The lowest BCUT2D eigenvalue weighted by Gasteiger charge is -2.33. The summed E-state index contributed by atoms with van der Waals surface area (Å²) in [5.74, 6) is 2.98. The normalized spacial score (nSPS) is 22.5. The number of rotatable bonds is 8. The highest BCUT2D eigenvalue weighted by Crippen LogP contribution is 2.39. The lowest BCUT2D eigenvalue weighted by Crippen LogP contribution is -2.32. The van der Waals surface area contributed by atoms with Crippen LogP contribution in [0.1, 0.15) is 43.9 Å². The Hall–Kier alpha value is -1.28. The smallest absolute Gasteiger partial charge is 0.310 e. The number of Topliss-reactive ketones (excluding diaryl/α,β-unsaturated/α-hetero) is 1. The Labute approximate surface area is 184 Å². The Morgan fingerprint density at radius 3 is 2.83 bits per heavy atom. The second-order valence-electron chi connectivity index (χ2n) is 7.27. The third-order valence-electron chi connectivity index (χ3n) is 5.18. The van der Waals surface area contributed by atoms with E-state index >= 15 is 0 Å². The summed E-state index contributed by atoms with van der Waals surface area (Å²) in [7, 11) is 0. The molecular formula is C21H26ClNO4S2. The molecule has 2 heterocycles. The molecule has 1 aliphatic carbocycles. The molecule has 3 rings (SSSR count). The highest BCUT2D eigenvalue weighted by molar-refractivity contribution is 7.99. The van der Waals surface area contributed by atoms with Crippen LogP contribution < -0.4 is 5.48 Å². The van der Waals surface area contributed by atoms with E-state index in [2.05, 4.69) is 12.1 Å². The summed E-state index contributed by atoms with van der Waals surface area (Å²) in [5.41, 5.74) is 3.42. The van der Waals surface area contributed by atoms with Crippen molar-refractivity contribution >= 4 is 46.5 Å². The molecule has 2 atom stereocenters. The predicted octanol–water partition coefficient (Wildman–Crippen LogP) is 5.27. The van der Waals surface area contributed by atoms with Crippen LogP contribution in [0.5, 0.6) is 0 Å². The van der Waals surface area contributed by atoms with Gasteiger partial charge in [-0.15, -0.1) is 11.3 Å². The van der Waals surface area contributed by atoms with Crippen molar-refractivity contribution in [2.24, 2.45) is 11.8 Å². The lowest BCUT2D eigenvalue weighted by atomic mass is 9.77. The van der Waals surface area contributed by atoms with Crippen molar-refractivity contribution < 1.29 is 19.2 Å². The van der Waals surface area contributed by atoms with Crippen LogP contribution >= 0.6 is 34.7 Å². The molecule has 1 aromatic rings. The molecule has 0 amide bonds. The molecule has 8 heteroatoms. The van der Waals surface area contributed by atoms with E-state index in [0.29, 0.717) is 46.7 Å². The first-order valence-electron chi connectivity index (χ1n) is 9.84. The van der Waals surface area contributed by atoms with E-state index in [1.807, 2.05) is 17.8 Å². The molecular weight excluding hydrogens is 430 g/mol.